The summed E-state index contributed by atoms with van der Waals surface area (Å²) in [4.78, 5) is -0.297. The highest BCUT2D eigenvalue weighted by molar-refractivity contribution is 7.83. The molecule has 0 aliphatic rings. The number of rotatable bonds is 5. The Labute approximate surface area is 118 Å². The Morgan fingerprint density at radius 1 is 1.30 bits per heavy atom. The zero-order valence-electron chi connectivity index (χ0n) is 11.5. The number of hydrogen-bond donors (Lipinski definition) is 2. The van der Waals surface area contributed by atoms with Crippen LogP contribution in [0.25, 0.3) is 0 Å². The summed E-state index contributed by atoms with van der Waals surface area (Å²) in [5.74, 6) is 0. The van der Waals surface area contributed by atoms with E-state index in [1.54, 1.807) is 20.8 Å². The third-order valence-electron chi connectivity index (χ3n) is 2.75. The van der Waals surface area contributed by atoms with Crippen LogP contribution in [0.1, 0.15) is 31.4 Å². The molecule has 0 fully saturated rings. The molecule has 1 atom stereocenters. The van der Waals surface area contributed by atoms with Gasteiger partial charge in [0.05, 0.1) is 10.5 Å². The molecule has 0 amide bonds. The van der Waals surface area contributed by atoms with Gasteiger partial charge in [0.2, 0.25) is 0 Å². The molecular weight excluding hydrogens is 291 g/mol. The van der Waals surface area contributed by atoms with E-state index in [1.807, 2.05) is 0 Å². The molecule has 0 aliphatic heterocycles. The van der Waals surface area contributed by atoms with E-state index in [9.17, 15) is 17.4 Å². The van der Waals surface area contributed by atoms with Gasteiger partial charge in [-0.3, -0.25) is 0 Å². The quantitative estimate of drug-likeness (QED) is 0.878. The molecule has 1 aromatic carbocycles. The summed E-state index contributed by atoms with van der Waals surface area (Å²) in [6.07, 6.45) is -4.27. The zero-order valence-corrected chi connectivity index (χ0v) is 12.4. The van der Waals surface area contributed by atoms with E-state index >= 15 is 0 Å². The normalized spacial score (nSPS) is 14.3. The van der Waals surface area contributed by atoms with Gasteiger partial charge >= 0.3 is 6.18 Å². The summed E-state index contributed by atoms with van der Waals surface area (Å²) in [7, 11) is -2.00. The summed E-state index contributed by atoms with van der Waals surface area (Å²) < 4.78 is 53.7. The number of nitrogens with one attached hydrogen (secondary N) is 1. The minimum absolute atomic E-state index is 0.142. The first kappa shape index (κ1) is 17.1. The molecule has 7 heteroatoms. The van der Waals surface area contributed by atoms with Gasteiger partial charge < -0.3 is 5.11 Å². The molecular formula is C13H18F3NO2S. The van der Waals surface area contributed by atoms with E-state index in [4.69, 9.17) is 5.11 Å². The van der Waals surface area contributed by atoms with Crippen molar-refractivity contribution in [2.45, 2.75) is 43.8 Å². The maximum Gasteiger partial charge on any atom is 0.417 e. The van der Waals surface area contributed by atoms with E-state index in [1.165, 1.54) is 12.1 Å². The van der Waals surface area contributed by atoms with Crippen molar-refractivity contribution in [2.75, 3.05) is 6.61 Å². The topological polar surface area (TPSA) is 49.3 Å². The number of aryl methyl sites for hydroxylation is 1. The Kier molecular flexibility index (Phi) is 5.34. The minimum atomic E-state index is -4.56. The molecule has 0 saturated carbocycles. The van der Waals surface area contributed by atoms with Crippen LogP contribution >= 0.6 is 0 Å². The summed E-state index contributed by atoms with van der Waals surface area (Å²) >= 11 is 0. The van der Waals surface area contributed by atoms with Gasteiger partial charge in [-0.2, -0.15) is 13.2 Å². The fourth-order valence-electron chi connectivity index (χ4n) is 1.66. The first-order valence-corrected chi connectivity index (χ1v) is 7.20. The van der Waals surface area contributed by atoms with Crippen LogP contribution in [0.15, 0.2) is 23.1 Å². The fraction of sp³-hybridized carbons (Fsp3) is 0.538. The van der Waals surface area contributed by atoms with Crippen LogP contribution in [0.2, 0.25) is 0 Å². The summed E-state index contributed by atoms with van der Waals surface area (Å²) in [5, 5.41) is 8.89. The van der Waals surface area contributed by atoms with Crippen molar-refractivity contribution in [1.29, 1.82) is 0 Å². The average Bonchev–Trinajstić information content (AvgIpc) is 2.26. The van der Waals surface area contributed by atoms with E-state index in [-0.39, 0.29) is 17.9 Å². The van der Waals surface area contributed by atoms with Gasteiger partial charge in [-0.15, -0.1) is 0 Å². The van der Waals surface area contributed by atoms with Crippen molar-refractivity contribution in [3.8, 4) is 0 Å². The number of aliphatic hydroxyl groups is 1. The Balaban J connectivity index is 3.11. The van der Waals surface area contributed by atoms with Crippen LogP contribution < -0.4 is 4.72 Å². The Morgan fingerprint density at radius 2 is 1.90 bits per heavy atom. The standard InChI is InChI=1S/C13H18F3NO2S/c1-9-4-5-11(10(8-9)13(14,15)16)20(19)17-12(2,3)6-7-18/h4-5,8,17-18H,6-7H2,1-3H3. The molecule has 20 heavy (non-hydrogen) atoms. The fourth-order valence-corrected chi connectivity index (χ4v) is 2.94. The molecule has 0 heterocycles. The molecule has 3 nitrogen and oxygen atoms in total. The van der Waals surface area contributed by atoms with Crippen LogP contribution in [0.3, 0.4) is 0 Å². The molecule has 114 valence electrons. The Bertz CT molecular complexity index is 501. The van der Waals surface area contributed by atoms with Crippen molar-refractivity contribution < 1.29 is 22.5 Å². The van der Waals surface area contributed by atoms with Gasteiger partial charge in [0.15, 0.2) is 0 Å². The van der Waals surface area contributed by atoms with Gasteiger partial charge in [-0.1, -0.05) is 11.6 Å². The van der Waals surface area contributed by atoms with Crippen LogP contribution in [0.5, 0.6) is 0 Å². The highest BCUT2D eigenvalue weighted by Crippen LogP contribution is 2.34. The largest absolute Gasteiger partial charge is 0.417 e. The first-order valence-electron chi connectivity index (χ1n) is 6.05. The maximum atomic E-state index is 13.0. The lowest BCUT2D eigenvalue weighted by atomic mass is 10.0. The van der Waals surface area contributed by atoms with Crippen LogP contribution in [0, 0.1) is 6.92 Å². The molecule has 0 radical (unpaired) electrons. The third-order valence-corrected chi connectivity index (χ3v) is 4.24. The van der Waals surface area contributed by atoms with Crippen molar-refractivity contribution in [2.24, 2.45) is 0 Å². The van der Waals surface area contributed by atoms with E-state index in [0.717, 1.165) is 6.07 Å². The van der Waals surface area contributed by atoms with Gasteiger partial charge in [-0.25, -0.2) is 8.93 Å². The predicted molar refractivity (Wildman–Crippen MR) is 71.5 cm³/mol. The molecule has 1 aromatic rings. The second-order valence-electron chi connectivity index (χ2n) is 5.23. The summed E-state index contributed by atoms with van der Waals surface area (Å²) in [5.41, 5.74) is -1.18. The van der Waals surface area contributed by atoms with Gasteiger partial charge in [0.1, 0.15) is 11.0 Å². The van der Waals surface area contributed by atoms with Crippen LogP contribution in [-0.4, -0.2) is 21.5 Å². The molecule has 2 N–H and O–H groups in total. The molecule has 0 aromatic heterocycles. The van der Waals surface area contributed by atoms with Crippen LogP contribution in [-0.2, 0) is 17.2 Å². The van der Waals surface area contributed by atoms with Crippen molar-refractivity contribution in [1.82, 2.24) is 4.72 Å². The third kappa shape index (κ3) is 4.57. The zero-order chi connectivity index (χ0) is 15.6. The Hall–Kier alpha value is -0.920. The summed E-state index contributed by atoms with van der Waals surface area (Å²) in [6, 6.07) is 3.69. The number of halogens is 3. The molecule has 0 spiro atoms. The van der Waals surface area contributed by atoms with Crippen molar-refractivity contribution >= 4 is 11.0 Å². The highest BCUT2D eigenvalue weighted by Gasteiger charge is 2.35. The van der Waals surface area contributed by atoms with Gasteiger partial charge in [0, 0.05) is 12.1 Å². The predicted octanol–water partition coefficient (Wildman–Crippen LogP) is 2.79. The molecule has 0 saturated heterocycles. The number of benzene rings is 1. The maximum absolute atomic E-state index is 13.0. The van der Waals surface area contributed by atoms with E-state index in [0.29, 0.717) is 5.56 Å². The molecule has 0 aliphatic carbocycles. The first-order chi connectivity index (χ1) is 9.07. The minimum Gasteiger partial charge on any atom is -0.396 e. The number of alkyl halides is 3. The van der Waals surface area contributed by atoms with Gasteiger partial charge in [-0.05, 0) is 39.3 Å². The Morgan fingerprint density at radius 3 is 2.40 bits per heavy atom. The van der Waals surface area contributed by atoms with Crippen LogP contribution in [0.4, 0.5) is 13.2 Å². The van der Waals surface area contributed by atoms with E-state index in [2.05, 4.69) is 4.72 Å². The SMILES string of the molecule is Cc1ccc(S(=O)NC(C)(C)CCO)c(C(F)(F)F)c1. The van der Waals surface area contributed by atoms with E-state index < -0.39 is 28.3 Å². The van der Waals surface area contributed by atoms with Crippen molar-refractivity contribution in [3.63, 3.8) is 0 Å². The number of hydrogen-bond acceptors (Lipinski definition) is 2. The highest BCUT2D eigenvalue weighted by atomic mass is 32.2. The lowest BCUT2D eigenvalue weighted by molar-refractivity contribution is -0.139. The lowest BCUT2D eigenvalue weighted by Crippen LogP contribution is -2.41. The second-order valence-corrected chi connectivity index (χ2v) is 6.41. The monoisotopic (exact) mass is 309 g/mol. The second kappa shape index (κ2) is 6.24. The smallest absolute Gasteiger partial charge is 0.396 e. The summed E-state index contributed by atoms with van der Waals surface area (Å²) in [6.45, 7) is 4.74. The lowest BCUT2D eigenvalue weighted by Gasteiger charge is -2.25. The molecule has 1 rings (SSSR count). The number of aliphatic hydroxyl groups excluding tert-OH is 1. The van der Waals surface area contributed by atoms with Crippen molar-refractivity contribution in [3.05, 3.63) is 29.3 Å². The average molecular weight is 309 g/mol. The molecule has 1 unspecified atom stereocenters. The van der Waals surface area contributed by atoms with Gasteiger partial charge in [0.25, 0.3) is 0 Å². The molecule has 0 bridgehead atoms.